The minimum atomic E-state index is 0.194. The predicted octanol–water partition coefficient (Wildman–Crippen LogP) is 4.35. The molecule has 1 aliphatic heterocycles. The van der Waals surface area contributed by atoms with Crippen LogP contribution in [0.5, 0.6) is 0 Å². The quantitative estimate of drug-likeness (QED) is 0.657. The van der Waals surface area contributed by atoms with Gasteiger partial charge in [0.15, 0.2) is 0 Å². The fourth-order valence-corrected chi connectivity index (χ4v) is 5.37. The number of nitrogens with one attached hydrogen (secondary N) is 1. The maximum Gasteiger partial charge on any atom is 0.129 e. The standard InChI is InChI=1S/C23H28N4OS/c1-15-13-17(7-6-12-28)9-10-18(15)22-20-21(19-8-4-5-11-24-19)26-27(3)23(20)25-16(2)14-29-22/h4-5,8-11,13,16,22,25,28H,6-7,12,14H2,1-3H3/t16-,22-/m0/s1. The van der Waals surface area contributed by atoms with E-state index in [2.05, 4.69) is 42.3 Å². The Bertz CT molecular complexity index is 986. The van der Waals surface area contributed by atoms with Crippen LogP contribution in [-0.2, 0) is 13.5 Å². The smallest absolute Gasteiger partial charge is 0.129 e. The number of aliphatic hydroxyl groups is 1. The van der Waals surface area contributed by atoms with Gasteiger partial charge < -0.3 is 10.4 Å². The van der Waals surface area contributed by atoms with Gasteiger partial charge in [-0.15, -0.1) is 11.8 Å². The molecule has 3 heterocycles. The van der Waals surface area contributed by atoms with Gasteiger partial charge in [0.2, 0.25) is 0 Å². The Morgan fingerprint density at radius 3 is 2.86 bits per heavy atom. The minimum absolute atomic E-state index is 0.194. The zero-order valence-corrected chi connectivity index (χ0v) is 18.0. The fourth-order valence-electron chi connectivity index (χ4n) is 3.97. The van der Waals surface area contributed by atoms with E-state index in [4.69, 9.17) is 10.2 Å². The molecule has 152 valence electrons. The maximum absolute atomic E-state index is 9.14. The van der Waals surface area contributed by atoms with Crippen LogP contribution >= 0.6 is 11.8 Å². The Kier molecular flexibility index (Phi) is 5.92. The third kappa shape index (κ3) is 4.05. The molecular formula is C23H28N4OS. The second-order valence-electron chi connectivity index (χ2n) is 7.73. The summed E-state index contributed by atoms with van der Waals surface area (Å²) in [6.07, 6.45) is 3.53. The van der Waals surface area contributed by atoms with Gasteiger partial charge in [-0.05, 0) is 55.5 Å². The van der Waals surface area contributed by atoms with Crippen molar-refractivity contribution < 1.29 is 5.11 Å². The molecule has 0 saturated carbocycles. The summed E-state index contributed by atoms with van der Waals surface area (Å²) in [5.41, 5.74) is 6.96. The van der Waals surface area contributed by atoms with Gasteiger partial charge in [0, 0.05) is 37.2 Å². The Morgan fingerprint density at radius 1 is 1.28 bits per heavy atom. The molecule has 0 bridgehead atoms. The normalized spacial score (nSPS) is 18.8. The number of aromatic nitrogens is 3. The third-order valence-corrected chi connectivity index (χ3v) is 6.91. The molecule has 0 amide bonds. The van der Waals surface area contributed by atoms with E-state index in [0.29, 0.717) is 6.04 Å². The van der Waals surface area contributed by atoms with Crippen LogP contribution in [0.3, 0.4) is 0 Å². The van der Waals surface area contributed by atoms with E-state index in [1.807, 2.05) is 47.9 Å². The van der Waals surface area contributed by atoms with E-state index in [-0.39, 0.29) is 11.9 Å². The zero-order valence-electron chi connectivity index (χ0n) is 17.2. The number of anilines is 1. The molecule has 6 heteroatoms. The van der Waals surface area contributed by atoms with Crippen molar-refractivity contribution in [1.82, 2.24) is 14.8 Å². The highest BCUT2D eigenvalue weighted by Crippen LogP contribution is 2.47. The second-order valence-corrected chi connectivity index (χ2v) is 8.86. The van der Waals surface area contributed by atoms with E-state index < -0.39 is 0 Å². The molecule has 0 aliphatic carbocycles. The van der Waals surface area contributed by atoms with Crippen LogP contribution in [0.15, 0.2) is 42.6 Å². The molecule has 1 aliphatic rings. The van der Waals surface area contributed by atoms with Crippen molar-refractivity contribution in [2.24, 2.45) is 7.05 Å². The van der Waals surface area contributed by atoms with Crippen molar-refractivity contribution in [2.75, 3.05) is 17.7 Å². The van der Waals surface area contributed by atoms with Crippen molar-refractivity contribution in [3.63, 3.8) is 0 Å². The van der Waals surface area contributed by atoms with E-state index in [0.717, 1.165) is 35.8 Å². The van der Waals surface area contributed by atoms with Gasteiger partial charge in [-0.3, -0.25) is 9.67 Å². The molecule has 0 radical (unpaired) electrons. The molecule has 0 unspecified atom stereocenters. The maximum atomic E-state index is 9.14. The number of nitrogens with zero attached hydrogens (tertiary/aromatic N) is 3. The van der Waals surface area contributed by atoms with Gasteiger partial charge in [-0.2, -0.15) is 5.10 Å². The Balaban J connectivity index is 1.82. The number of thioether (sulfide) groups is 1. The van der Waals surface area contributed by atoms with Gasteiger partial charge in [0.05, 0.1) is 10.9 Å². The number of hydrogen-bond acceptors (Lipinski definition) is 5. The lowest BCUT2D eigenvalue weighted by Gasteiger charge is -2.19. The molecule has 2 N–H and O–H groups in total. The lowest BCUT2D eigenvalue weighted by atomic mass is 9.95. The van der Waals surface area contributed by atoms with E-state index in [1.54, 1.807) is 0 Å². The predicted molar refractivity (Wildman–Crippen MR) is 120 cm³/mol. The Morgan fingerprint density at radius 2 is 2.14 bits per heavy atom. The largest absolute Gasteiger partial charge is 0.396 e. The Labute approximate surface area is 176 Å². The molecule has 0 saturated heterocycles. The summed E-state index contributed by atoms with van der Waals surface area (Å²) in [7, 11) is 2.00. The highest BCUT2D eigenvalue weighted by molar-refractivity contribution is 7.99. The van der Waals surface area contributed by atoms with Gasteiger partial charge >= 0.3 is 0 Å². The highest BCUT2D eigenvalue weighted by Gasteiger charge is 2.31. The van der Waals surface area contributed by atoms with E-state index in [1.165, 1.54) is 22.3 Å². The lowest BCUT2D eigenvalue weighted by Crippen LogP contribution is -2.18. The van der Waals surface area contributed by atoms with Crippen LogP contribution in [0.1, 0.15) is 40.8 Å². The molecule has 3 aromatic rings. The average Bonchev–Trinajstić information content (AvgIpc) is 2.93. The van der Waals surface area contributed by atoms with Crippen LogP contribution in [-0.4, -0.2) is 38.3 Å². The topological polar surface area (TPSA) is 63.0 Å². The summed E-state index contributed by atoms with van der Waals surface area (Å²) in [5, 5.41) is 17.8. The minimum Gasteiger partial charge on any atom is -0.396 e. The summed E-state index contributed by atoms with van der Waals surface area (Å²) in [6, 6.07) is 13.1. The number of pyridine rings is 1. The molecular weight excluding hydrogens is 380 g/mol. The molecule has 0 spiro atoms. The van der Waals surface area contributed by atoms with Gasteiger partial charge in [-0.25, -0.2) is 0 Å². The van der Waals surface area contributed by atoms with Crippen LogP contribution in [0.2, 0.25) is 0 Å². The number of aryl methyl sites for hydroxylation is 3. The summed E-state index contributed by atoms with van der Waals surface area (Å²) in [4.78, 5) is 4.58. The summed E-state index contributed by atoms with van der Waals surface area (Å²) >= 11 is 1.96. The highest BCUT2D eigenvalue weighted by atomic mass is 32.2. The molecule has 29 heavy (non-hydrogen) atoms. The first-order valence-electron chi connectivity index (χ1n) is 10.1. The molecule has 2 aromatic heterocycles. The Hall–Kier alpha value is -2.31. The van der Waals surface area contributed by atoms with Crippen LogP contribution in [0.25, 0.3) is 11.4 Å². The molecule has 2 atom stereocenters. The van der Waals surface area contributed by atoms with Crippen LogP contribution in [0, 0.1) is 6.92 Å². The SMILES string of the molecule is Cc1cc(CCCO)ccc1[C@@H]1SC[C@H](C)Nc2c1c(-c1ccccn1)nn2C. The molecule has 0 fully saturated rings. The first-order valence-corrected chi connectivity index (χ1v) is 11.2. The number of fused-ring (bicyclic) bond motifs is 1. The third-order valence-electron chi connectivity index (χ3n) is 5.39. The zero-order chi connectivity index (χ0) is 20.4. The van der Waals surface area contributed by atoms with Crippen LogP contribution < -0.4 is 5.32 Å². The van der Waals surface area contributed by atoms with Crippen molar-refractivity contribution in [2.45, 2.75) is 38.0 Å². The van der Waals surface area contributed by atoms with Crippen molar-refractivity contribution in [1.29, 1.82) is 0 Å². The van der Waals surface area contributed by atoms with Gasteiger partial charge in [0.1, 0.15) is 11.5 Å². The number of benzene rings is 1. The first kappa shape index (κ1) is 20.0. The summed E-state index contributed by atoms with van der Waals surface area (Å²) in [5.74, 6) is 2.10. The van der Waals surface area contributed by atoms with Crippen LogP contribution in [0.4, 0.5) is 5.82 Å². The summed E-state index contributed by atoms with van der Waals surface area (Å²) < 4.78 is 1.96. The number of rotatable bonds is 5. The summed E-state index contributed by atoms with van der Waals surface area (Å²) in [6.45, 7) is 4.64. The van der Waals surface area contributed by atoms with Gasteiger partial charge in [-0.1, -0.05) is 24.3 Å². The monoisotopic (exact) mass is 408 g/mol. The van der Waals surface area contributed by atoms with Crippen molar-refractivity contribution >= 4 is 17.6 Å². The van der Waals surface area contributed by atoms with E-state index >= 15 is 0 Å². The van der Waals surface area contributed by atoms with Crippen molar-refractivity contribution in [3.8, 4) is 11.4 Å². The van der Waals surface area contributed by atoms with Crippen molar-refractivity contribution in [3.05, 3.63) is 64.8 Å². The number of hydrogen-bond donors (Lipinski definition) is 2. The molecule has 1 aromatic carbocycles. The molecule has 4 rings (SSSR count). The average molecular weight is 409 g/mol. The van der Waals surface area contributed by atoms with E-state index in [9.17, 15) is 0 Å². The first-order chi connectivity index (χ1) is 14.1. The molecule has 5 nitrogen and oxygen atoms in total. The second kappa shape index (κ2) is 8.59. The van der Waals surface area contributed by atoms with Gasteiger partial charge in [0.25, 0.3) is 0 Å². The fraction of sp³-hybridized carbons (Fsp3) is 0.391. The number of aliphatic hydroxyl groups excluding tert-OH is 1. The lowest BCUT2D eigenvalue weighted by molar-refractivity contribution is 0.288.